The molecule has 0 saturated carbocycles. The Morgan fingerprint density at radius 3 is 2.14 bits per heavy atom. The number of H-pyrrole nitrogens is 2. The number of benzene rings is 2. The fourth-order valence-corrected chi connectivity index (χ4v) is 6.16. The molecule has 2 aliphatic rings. The Labute approximate surface area is 251 Å². The number of nitrogens with zero attached hydrogens (tertiary/aromatic N) is 3. The number of carbonyl (C=O) groups is 2. The Morgan fingerprint density at radius 2 is 1.53 bits per heavy atom. The summed E-state index contributed by atoms with van der Waals surface area (Å²) in [5.41, 5.74) is 6.22. The van der Waals surface area contributed by atoms with Crippen LogP contribution in [0.2, 0.25) is 0 Å². The van der Waals surface area contributed by atoms with E-state index in [4.69, 9.17) is 9.72 Å². The van der Waals surface area contributed by atoms with Gasteiger partial charge in [0.25, 0.3) is 0 Å². The van der Waals surface area contributed by atoms with Crippen LogP contribution in [0.5, 0.6) is 0 Å². The number of likely N-dealkylation sites (tertiary alicyclic amines) is 1. The van der Waals surface area contributed by atoms with Crippen LogP contribution in [0.15, 0.2) is 60.9 Å². The lowest BCUT2D eigenvalue weighted by Gasteiger charge is -2.30. The maximum atomic E-state index is 13.5. The van der Waals surface area contributed by atoms with Crippen LogP contribution in [0, 0.1) is 5.92 Å². The molecule has 2 fully saturated rings. The van der Waals surface area contributed by atoms with Crippen molar-refractivity contribution in [2.75, 3.05) is 20.2 Å². The predicted octanol–water partition coefficient (Wildman–Crippen LogP) is 5.60. The molecule has 2 amide bonds. The number of carbonyl (C=O) groups excluding carboxylic acids is 2. The van der Waals surface area contributed by atoms with Gasteiger partial charge in [0, 0.05) is 17.7 Å². The second kappa shape index (κ2) is 12.4. The van der Waals surface area contributed by atoms with E-state index in [1.54, 1.807) is 0 Å². The molecule has 0 radical (unpaired) electrons. The second-order valence-electron chi connectivity index (χ2n) is 11.7. The van der Waals surface area contributed by atoms with Crippen molar-refractivity contribution in [2.45, 2.75) is 57.7 Å². The zero-order chi connectivity index (χ0) is 29.9. The van der Waals surface area contributed by atoms with Crippen LogP contribution in [0.25, 0.3) is 33.6 Å². The molecule has 4 aromatic rings. The Kier molecular flexibility index (Phi) is 8.29. The molecule has 10 heteroatoms. The van der Waals surface area contributed by atoms with Crippen molar-refractivity contribution >= 4 is 12.0 Å². The number of hydrogen-bond donors (Lipinski definition) is 4. The van der Waals surface area contributed by atoms with Crippen molar-refractivity contribution < 1.29 is 14.3 Å². The molecule has 2 aromatic heterocycles. The molecule has 0 unspecified atom stereocenters. The van der Waals surface area contributed by atoms with Crippen molar-refractivity contribution in [3.8, 4) is 33.6 Å². The van der Waals surface area contributed by atoms with Gasteiger partial charge in [-0.2, -0.15) is 0 Å². The molecule has 0 spiro atoms. The summed E-state index contributed by atoms with van der Waals surface area (Å²) in [5, 5.41) is 6.21. The molecule has 10 nitrogen and oxygen atoms in total. The molecule has 4 heterocycles. The molecule has 0 bridgehead atoms. The van der Waals surface area contributed by atoms with Gasteiger partial charge >= 0.3 is 6.09 Å². The van der Waals surface area contributed by atoms with Crippen LogP contribution in [-0.2, 0) is 9.53 Å². The molecule has 2 aliphatic heterocycles. The molecule has 4 N–H and O–H groups in total. The minimum atomic E-state index is -0.664. The standard InChI is InChI=1S/C33H39N7O3/c1-20(2)29(39-33(42)43-3)32(41)40-15-7-13-28(40)31-36-19-27(38-31)24-11-5-9-22(17-24)21-8-4-10-23(16-21)26-18-35-30(37-26)25-12-6-14-34-25/h4-5,8-11,16-20,25,28-29,34H,6-7,12-15H2,1-3H3,(H,35,37)(H,36,38)(H,39,42)/t25-,28-,29-/m0/s1. The summed E-state index contributed by atoms with van der Waals surface area (Å²) in [6, 6.07) is 16.3. The first-order valence-corrected chi connectivity index (χ1v) is 15.1. The number of hydrogen-bond acceptors (Lipinski definition) is 6. The van der Waals surface area contributed by atoms with E-state index in [1.807, 2.05) is 31.1 Å². The van der Waals surface area contributed by atoms with E-state index < -0.39 is 12.1 Å². The lowest BCUT2D eigenvalue weighted by Crippen LogP contribution is -2.51. The average molecular weight is 582 g/mol. The number of amides is 2. The summed E-state index contributed by atoms with van der Waals surface area (Å²) >= 11 is 0. The number of rotatable bonds is 8. The highest BCUT2D eigenvalue weighted by molar-refractivity contribution is 5.86. The van der Waals surface area contributed by atoms with Crippen LogP contribution < -0.4 is 10.6 Å². The van der Waals surface area contributed by atoms with Gasteiger partial charge in [-0.25, -0.2) is 14.8 Å². The average Bonchev–Trinajstić information content (AvgIpc) is 3.86. The largest absolute Gasteiger partial charge is 0.453 e. The molecule has 6 rings (SSSR count). The van der Waals surface area contributed by atoms with Gasteiger partial charge in [-0.05, 0) is 61.4 Å². The minimum Gasteiger partial charge on any atom is -0.453 e. The summed E-state index contributed by atoms with van der Waals surface area (Å²) in [4.78, 5) is 43.6. The molecule has 2 saturated heterocycles. The topological polar surface area (TPSA) is 128 Å². The predicted molar refractivity (Wildman–Crippen MR) is 165 cm³/mol. The third-order valence-electron chi connectivity index (χ3n) is 8.50. The van der Waals surface area contributed by atoms with E-state index in [-0.39, 0.29) is 17.9 Å². The maximum Gasteiger partial charge on any atom is 0.407 e. The summed E-state index contributed by atoms with van der Waals surface area (Å²) < 4.78 is 4.75. The van der Waals surface area contributed by atoms with Crippen molar-refractivity contribution in [3.63, 3.8) is 0 Å². The van der Waals surface area contributed by atoms with Crippen LogP contribution in [0.4, 0.5) is 4.79 Å². The maximum absolute atomic E-state index is 13.5. The fraction of sp³-hybridized carbons (Fsp3) is 0.394. The molecule has 2 aromatic carbocycles. The van der Waals surface area contributed by atoms with Gasteiger partial charge in [0.05, 0.1) is 43.0 Å². The molecule has 3 atom stereocenters. The second-order valence-corrected chi connectivity index (χ2v) is 11.7. The minimum absolute atomic E-state index is 0.0825. The lowest BCUT2D eigenvalue weighted by molar-refractivity contribution is -0.135. The molecule has 0 aliphatic carbocycles. The van der Waals surface area contributed by atoms with Crippen molar-refractivity contribution in [1.29, 1.82) is 0 Å². The van der Waals surface area contributed by atoms with E-state index in [1.165, 1.54) is 13.5 Å². The number of aromatic amines is 2. The molecule has 43 heavy (non-hydrogen) atoms. The number of nitrogens with one attached hydrogen (secondary N) is 4. The van der Waals surface area contributed by atoms with Gasteiger partial charge in [-0.3, -0.25) is 4.79 Å². The highest BCUT2D eigenvalue weighted by Gasteiger charge is 2.37. The zero-order valence-electron chi connectivity index (χ0n) is 24.9. The molecule has 224 valence electrons. The highest BCUT2D eigenvalue weighted by atomic mass is 16.5. The van der Waals surface area contributed by atoms with E-state index in [0.29, 0.717) is 12.6 Å². The van der Waals surface area contributed by atoms with Gasteiger partial charge in [-0.15, -0.1) is 0 Å². The summed E-state index contributed by atoms with van der Waals surface area (Å²) in [5.74, 6) is 1.55. The van der Waals surface area contributed by atoms with E-state index in [0.717, 1.165) is 71.1 Å². The SMILES string of the molecule is COC(=O)N[C@H](C(=O)N1CCC[C@H]1c1ncc(-c2cccc(-c3cccc(-c4cnc([C@@H]5CCCN5)[nH]4)c3)c2)[nH]1)C(C)C. The first-order valence-electron chi connectivity index (χ1n) is 15.1. The molecular weight excluding hydrogens is 542 g/mol. The monoisotopic (exact) mass is 581 g/mol. The number of aromatic nitrogens is 4. The first-order chi connectivity index (χ1) is 20.9. The smallest absolute Gasteiger partial charge is 0.407 e. The quantitative estimate of drug-likeness (QED) is 0.214. The normalized spacial score (nSPS) is 19.1. The van der Waals surface area contributed by atoms with E-state index in [9.17, 15) is 9.59 Å². The van der Waals surface area contributed by atoms with Crippen LogP contribution in [-0.4, -0.2) is 63.1 Å². The number of ether oxygens (including phenoxy) is 1. The summed E-state index contributed by atoms with van der Waals surface area (Å²) in [6.45, 7) is 5.48. The Bertz CT molecular complexity index is 1590. The van der Waals surface area contributed by atoms with Crippen molar-refractivity contribution in [1.82, 2.24) is 35.5 Å². The molecular formula is C33H39N7O3. The van der Waals surface area contributed by atoms with E-state index in [2.05, 4.69) is 74.1 Å². The van der Waals surface area contributed by atoms with Crippen LogP contribution in [0.3, 0.4) is 0 Å². The van der Waals surface area contributed by atoms with Gasteiger partial charge in [0.1, 0.15) is 17.7 Å². The Balaban J connectivity index is 1.20. The van der Waals surface area contributed by atoms with Gasteiger partial charge < -0.3 is 30.2 Å². The third-order valence-corrected chi connectivity index (χ3v) is 8.50. The number of imidazole rings is 2. The van der Waals surface area contributed by atoms with Gasteiger partial charge in [0.2, 0.25) is 5.91 Å². The Hall–Kier alpha value is -4.44. The highest BCUT2D eigenvalue weighted by Crippen LogP contribution is 2.34. The van der Waals surface area contributed by atoms with Crippen LogP contribution in [0.1, 0.15) is 63.3 Å². The Morgan fingerprint density at radius 1 is 0.907 bits per heavy atom. The van der Waals surface area contributed by atoms with Crippen molar-refractivity contribution in [2.24, 2.45) is 5.92 Å². The van der Waals surface area contributed by atoms with Gasteiger partial charge in [0.15, 0.2) is 0 Å². The van der Waals surface area contributed by atoms with E-state index >= 15 is 0 Å². The first kappa shape index (κ1) is 28.7. The zero-order valence-corrected chi connectivity index (χ0v) is 24.9. The summed E-state index contributed by atoms with van der Waals surface area (Å²) in [6.07, 6.45) is 7.11. The number of alkyl carbamates (subject to hydrolysis) is 1. The third kappa shape index (κ3) is 6.06. The van der Waals surface area contributed by atoms with Crippen LogP contribution >= 0.6 is 0 Å². The lowest BCUT2D eigenvalue weighted by atomic mass is 9.99. The summed E-state index contributed by atoms with van der Waals surface area (Å²) in [7, 11) is 1.30. The van der Waals surface area contributed by atoms with Gasteiger partial charge in [-0.1, -0.05) is 50.2 Å². The number of methoxy groups -OCH3 is 1. The fourth-order valence-electron chi connectivity index (χ4n) is 6.16. The van der Waals surface area contributed by atoms with Crippen molar-refractivity contribution in [3.05, 3.63) is 72.6 Å².